The first-order valence-electron chi connectivity index (χ1n) is 10.5. The number of carbonyl (C=O) groups is 3. The molecular weight excluding hydrogens is 388 g/mol. The summed E-state index contributed by atoms with van der Waals surface area (Å²) in [5.41, 5.74) is 3.52. The Kier molecular flexibility index (Phi) is 11.0. The molecule has 0 radical (unpaired) electrons. The van der Waals surface area contributed by atoms with E-state index >= 15 is 0 Å². The normalized spacial score (nSPS) is 13.7. The molecule has 0 aliphatic carbocycles. The lowest BCUT2D eigenvalue weighted by molar-refractivity contribution is -0.168. The number of nitrogens with two attached hydrogens (primary N) is 1. The second kappa shape index (κ2) is 11.6. The highest BCUT2D eigenvalue weighted by Gasteiger charge is 2.34. The maximum absolute atomic E-state index is 12.9. The molecule has 0 saturated carbocycles. The highest BCUT2D eigenvalue weighted by Crippen LogP contribution is 2.18. The van der Waals surface area contributed by atoms with Crippen molar-refractivity contribution in [1.82, 2.24) is 4.90 Å². The van der Waals surface area contributed by atoms with Crippen LogP contribution in [0.25, 0.3) is 0 Å². The van der Waals surface area contributed by atoms with Crippen LogP contribution in [0.5, 0.6) is 0 Å². The number of nitrogens with zero attached hydrogens (tertiary/aromatic N) is 1. The number of esters is 3. The molecule has 0 aliphatic rings. The van der Waals surface area contributed by atoms with Gasteiger partial charge in [-0.05, 0) is 81.7 Å². The number of rotatable bonds is 10. The van der Waals surface area contributed by atoms with Crippen LogP contribution in [0.3, 0.4) is 0 Å². The van der Waals surface area contributed by atoms with Crippen molar-refractivity contribution in [1.29, 1.82) is 0 Å². The van der Waals surface area contributed by atoms with E-state index in [-0.39, 0.29) is 13.1 Å². The fourth-order valence-corrected chi connectivity index (χ4v) is 2.66. The first-order valence-corrected chi connectivity index (χ1v) is 10.5. The van der Waals surface area contributed by atoms with Gasteiger partial charge in [-0.1, -0.05) is 6.42 Å². The number of hydrogen-bond acceptors (Lipinski definition) is 8. The highest BCUT2D eigenvalue weighted by molar-refractivity contribution is 5.80. The molecule has 0 bridgehead atoms. The van der Waals surface area contributed by atoms with Crippen molar-refractivity contribution in [3.8, 4) is 0 Å². The summed E-state index contributed by atoms with van der Waals surface area (Å²) < 4.78 is 16.4. The van der Waals surface area contributed by atoms with Crippen LogP contribution >= 0.6 is 0 Å². The predicted molar refractivity (Wildman–Crippen MR) is 116 cm³/mol. The molecule has 0 heterocycles. The zero-order valence-electron chi connectivity index (χ0n) is 20.3. The van der Waals surface area contributed by atoms with Gasteiger partial charge in [-0.15, -0.1) is 0 Å². The molecule has 0 aromatic rings. The van der Waals surface area contributed by atoms with Crippen molar-refractivity contribution in [3.05, 3.63) is 0 Å². The van der Waals surface area contributed by atoms with Crippen molar-refractivity contribution in [2.75, 3.05) is 19.6 Å². The van der Waals surface area contributed by atoms with Gasteiger partial charge in [-0.2, -0.15) is 0 Å². The summed E-state index contributed by atoms with van der Waals surface area (Å²) in [7, 11) is 0. The molecule has 176 valence electrons. The molecule has 0 aliphatic heterocycles. The molecule has 0 fully saturated rings. The molecule has 8 heteroatoms. The first kappa shape index (κ1) is 28.3. The van der Waals surface area contributed by atoms with E-state index in [0.717, 1.165) is 0 Å². The van der Waals surface area contributed by atoms with Gasteiger partial charge in [-0.3, -0.25) is 19.3 Å². The quantitative estimate of drug-likeness (QED) is 0.320. The molecule has 8 nitrogen and oxygen atoms in total. The molecule has 30 heavy (non-hydrogen) atoms. The molecule has 0 aromatic carbocycles. The maximum atomic E-state index is 12.9. The average Bonchev–Trinajstić information content (AvgIpc) is 2.45. The fourth-order valence-electron chi connectivity index (χ4n) is 2.66. The minimum Gasteiger partial charge on any atom is -0.459 e. The fraction of sp³-hybridized carbons (Fsp3) is 0.864. The molecule has 0 unspecified atom stereocenters. The van der Waals surface area contributed by atoms with Crippen molar-refractivity contribution >= 4 is 17.9 Å². The Hall–Kier alpha value is -1.67. The zero-order valence-corrected chi connectivity index (χ0v) is 20.3. The van der Waals surface area contributed by atoms with Crippen molar-refractivity contribution in [2.24, 2.45) is 5.73 Å². The largest absolute Gasteiger partial charge is 0.459 e. The summed E-state index contributed by atoms with van der Waals surface area (Å²) in [4.78, 5) is 39.4. The Morgan fingerprint density at radius 2 is 1.13 bits per heavy atom. The SMILES string of the molecule is CC(C)(C)OC(=O)CN(CC(=O)OC(C)(C)C)[C@H](CCCCN)C(=O)OC(C)(C)C. The van der Waals surface area contributed by atoms with Crippen LogP contribution in [0.15, 0.2) is 0 Å². The summed E-state index contributed by atoms with van der Waals surface area (Å²) in [5.74, 6) is -1.55. The predicted octanol–water partition coefficient (Wildman–Crippen LogP) is 2.81. The van der Waals surface area contributed by atoms with Crippen molar-refractivity contribution < 1.29 is 28.6 Å². The van der Waals surface area contributed by atoms with E-state index < -0.39 is 40.8 Å². The third-order valence-electron chi connectivity index (χ3n) is 3.56. The molecule has 0 spiro atoms. The standard InChI is InChI=1S/C22H42N2O6/c1-20(2,3)28-17(25)14-24(15-18(26)29-21(4,5)6)16(12-10-11-13-23)19(27)30-22(7,8)9/h16H,10-15,23H2,1-9H3/t16-/m1/s1. The van der Waals surface area contributed by atoms with Gasteiger partial charge >= 0.3 is 17.9 Å². The summed E-state index contributed by atoms with van der Waals surface area (Å²) in [6, 6.07) is -0.796. The van der Waals surface area contributed by atoms with Crippen LogP contribution in [-0.2, 0) is 28.6 Å². The van der Waals surface area contributed by atoms with Gasteiger partial charge in [-0.25, -0.2) is 0 Å². The van der Waals surface area contributed by atoms with Gasteiger partial charge in [0.2, 0.25) is 0 Å². The third-order valence-corrected chi connectivity index (χ3v) is 3.56. The molecule has 1 atom stereocenters. The lowest BCUT2D eigenvalue weighted by Gasteiger charge is -2.32. The minimum absolute atomic E-state index is 0.233. The number of ether oxygens (including phenoxy) is 3. The van der Waals surface area contributed by atoms with E-state index in [9.17, 15) is 14.4 Å². The summed E-state index contributed by atoms with van der Waals surface area (Å²) in [6.07, 6.45) is 1.77. The summed E-state index contributed by atoms with van der Waals surface area (Å²) >= 11 is 0. The smallest absolute Gasteiger partial charge is 0.323 e. The van der Waals surface area contributed by atoms with Crippen molar-refractivity contribution in [2.45, 2.75) is 104 Å². The Balaban J connectivity index is 5.69. The molecule has 2 N–H and O–H groups in total. The van der Waals surface area contributed by atoms with E-state index in [1.54, 1.807) is 62.3 Å². The van der Waals surface area contributed by atoms with Gasteiger partial charge in [0.1, 0.15) is 22.8 Å². The van der Waals surface area contributed by atoms with Crippen LogP contribution < -0.4 is 5.73 Å². The number of hydrogen-bond donors (Lipinski definition) is 1. The second-order valence-electron chi connectivity index (χ2n) is 10.4. The monoisotopic (exact) mass is 430 g/mol. The molecule has 0 aromatic heterocycles. The topological polar surface area (TPSA) is 108 Å². The van der Waals surface area contributed by atoms with Gasteiger partial charge in [0.15, 0.2) is 0 Å². The Morgan fingerprint density at radius 1 is 0.733 bits per heavy atom. The van der Waals surface area contributed by atoms with E-state index in [1.807, 2.05) is 0 Å². The average molecular weight is 431 g/mol. The molecule has 0 amide bonds. The second-order valence-corrected chi connectivity index (χ2v) is 10.4. The summed E-state index contributed by atoms with van der Waals surface area (Å²) in [6.45, 7) is 15.9. The minimum atomic E-state index is -0.796. The first-order chi connectivity index (χ1) is 13.4. The Morgan fingerprint density at radius 3 is 1.47 bits per heavy atom. The van der Waals surface area contributed by atoms with Gasteiger partial charge < -0.3 is 19.9 Å². The third kappa shape index (κ3) is 14.3. The van der Waals surface area contributed by atoms with E-state index in [4.69, 9.17) is 19.9 Å². The van der Waals surface area contributed by atoms with Crippen molar-refractivity contribution in [3.63, 3.8) is 0 Å². The molecule has 0 saturated heterocycles. The maximum Gasteiger partial charge on any atom is 0.323 e. The van der Waals surface area contributed by atoms with Crippen LogP contribution in [-0.4, -0.2) is 65.3 Å². The van der Waals surface area contributed by atoms with Gasteiger partial charge in [0.25, 0.3) is 0 Å². The van der Waals surface area contributed by atoms with E-state index in [1.165, 1.54) is 4.90 Å². The lowest BCUT2D eigenvalue weighted by Crippen LogP contribution is -2.50. The van der Waals surface area contributed by atoms with Crippen LogP contribution in [0.1, 0.15) is 81.6 Å². The van der Waals surface area contributed by atoms with Gasteiger partial charge in [0, 0.05) is 0 Å². The Labute approximate surface area is 181 Å². The Bertz CT molecular complexity index is 540. The zero-order chi connectivity index (χ0) is 23.8. The van der Waals surface area contributed by atoms with Crippen LogP contribution in [0, 0.1) is 0 Å². The van der Waals surface area contributed by atoms with E-state index in [0.29, 0.717) is 25.8 Å². The summed E-state index contributed by atoms with van der Waals surface area (Å²) in [5, 5.41) is 0. The number of unbranched alkanes of at least 4 members (excludes halogenated alkanes) is 1. The lowest BCUT2D eigenvalue weighted by atomic mass is 10.1. The van der Waals surface area contributed by atoms with E-state index in [2.05, 4.69) is 0 Å². The van der Waals surface area contributed by atoms with Gasteiger partial charge in [0.05, 0.1) is 13.1 Å². The number of carbonyl (C=O) groups excluding carboxylic acids is 3. The molecular formula is C22H42N2O6. The highest BCUT2D eigenvalue weighted by atomic mass is 16.6. The molecule has 0 rings (SSSR count). The van der Waals surface area contributed by atoms with Crippen LogP contribution in [0.4, 0.5) is 0 Å². The van der Waals surface area contributed by atoms with Crippen LogP contribution in [0.2, 0.25) is 0 Å².